The second kappa shape index (κ2) is 4.89. The molecule has 0 fully saturated rings. The second-order valence-electron chi connectivity index (χ2n) is 3.15. The number of hydrogen-bond acceptors (Lipinski definition) is 2. The van der Waals surface area contributed by atoms with E-state index in [1.54, 1.807) is 5.32 Å². The van der Waals surface area contributed by atoms with Crippen LogP contribution in [0.3, 0.4) is 0 Å². The van der Waals surface area contributed by atoms with Crippen molar-refractivity contribution in [3.05, 3.63) is 24.0 Å². The van der Waals surface area contributed by atoms with Gasteiger partial charge in [0, 0.05) is 0 Å². The number of halogens is 4. The second-order valence-corrected chi connectivity index (χ2v) is 3.15. The zero-order valence-electron chi connectivity index (χ0n) is 8.44. The van der Waals surface area contributed by atoms with E-state index in [1.165, 1.54) is 0 Å². The molecule has 0 bridgehead atoms. The van der Waals surface area contributed by atoms with Crippen LogP contribution in [0.2, 0.25) is 0 Å². The number of rotatable bonds is 2. The summed E-state index contributed by atoms with van der Waals surface area (Å²) in [6.45, 7) is -1.46. The summed E-state index contributed by atoms with van der Waals surface area (Å²) in [5, 5.41) is 3.66. The molecule has 0 aromatic heterocycles. The molecular formula is C9H9F4N3O. The number of benzene rings is 1. The van der Waals surface area contributed by atoms with Crippen LogP contribution in [0.15, 0.2) is 18.2 Å². The summed E-state index contributed by atoms with van der Waals surface area (Å²) in [6, 6.07) is 2.05. The molecule has 17 heavy (non-hydrogen) atoms. The Kier molecular flexibility index (Phi) is 3.77. The molecule has 0 atom stereocenters. The molecule has 0 spiro atoms. The molecular weight excluding hydrogens is 242 g/mol. The highest BCUT2D eigenvalue weighted by molar-refractivity contribution is 5.92. The van der Waals surface area contributed by atoms with Crippen LogP contribution in [0, 0.1) is 5.82 Å². The van der Waals surface area contributed by atoms with Gasteiger partial charge < -0.3 is 16.4 Å². The number of hydrogen-bond donors (Lipinski definition) is 3. The smallest absolute Gasteiger partial charge is 0.397 e. The molecule has 4 nitrogen and oxygen atoms in total. The van der Waals surface area contributed by atoms with Crippen LogP contribution in [0.5, 0.6) is 0 Å². The molecule has 0 saturated heterocycles. The highest BCUT2D eigenvalue weighted by Gasteiger charge is 2.27. The SMILES string of the molecule is Nc1cc(F)ccc1NC(=O)NCC(F)(F)F. The Morgan fingerprint density at radius 2 is 2.00 bits per heavy atom. The van der Waals surface area contributed by atoms with Gasteiger partial charge >= 0.3 is 12.2 Å². The first-order valence-corrected chi connectivity index (χ1v) is 4.44. The van der Waals surface area contributed by atoms with Crippen LogP contribution in [0.4, 0.5) is 33.7 Å². The third-order valence-corrected chi connectivity index (χ3v) is 1.71. The third kappa shape index (κ3) is 4.58. The number of nitrogens with two attached hydrogens (primary N) is 1. The molecule has 94 valence electrons. The highest BCUT2D eigenvalue weighted by atomic mass is 19.4. The first kappa shape index (κ1) is 13.1. The Bertz CT molecular complexity index is 419. The molecule has 0 aliphatic heterocycles. The van der Waals surface area contributed by atoms with Gasteiger partial charge in [-0.15, -0.1) is 0 Å². The van der Waals surface area contributed by atoms with Gasteiger partial charge in [-0.25, -0.2) is 9.18 Å². The van der Waals surface area contributed by atoms with E-state index in [0.29, 0.717) is 0 Å². The van der Waals surface area contributed by atoms with Gasteiger partial charge in [0.25, 0.3) is 0 Å². The van der Waals surface area contributed by atoms with Crippen molar-refractivity contribution in [2.45, 2.75) is 6.18 Å². The zero-order chi connectivity index (χ0) is 13.1. The number of urea groups is 1. The predicted octanol–water partition coefficient (Wildman–Crippen LogP) is 2.09. The van der Waals surface area contributed by atoms with Crippen molar-refractivity contribution in [3.8, 4) is 0 Å². The van der Waals surface area contributed by atoms with E-state index in [0.717, 1.165) is 18.2 Å². The Morgan fingerprint density at radius 1 is 1.35 bits per heavy atom. The summed E-state index contributed by atoms with van der Waals surface area (Å²) in [4.78, 5) is 11.0. The van der Waals surface area contributed by atoms with E-state index < -0.39 is 24.6 Å². The molecule has 1 aromatic rings. The van der Waals surface area contributed by atoms with E-state index in [2.05, 4.69) is 5.32 Å². The van der Waals surface area contributed by atoms with Crippen molar-refractivity contribution < 1.29 is 22.4 Å². The average Bonchev–Trinajstić information content (AvgIpc) is 2.18. The van der Waals surface area contributed by atoms with Crippen LogP contribution >= 0.6 is 0 Å². The van der Waals surface area contributed by atoms with Crippen LogP contribution in [-0.4, -0.2) is 18.8 Å². The van der Waals surface area contributed by atoms with Gasteiger partial charge in [0.1, 0.15) is 12.4 Å². The highest BCUT2D eigenvalue weighted by Crippen LogP contribution is 2.19. The Balaban J connectivity index is 2.57. The van der Waals surface area contributed by atoms with Crippen molar-refractivity contribution >= 4 is 17.4 Å². The van der Waals surface area contributed by atoms with Crippen molar-refractivity contribution in [1.29, 1.82) is 0 Å². The minimum Gasteiger partial charge on any atom is -0.397 e. The van der Waals surface area contributed by atoms with Crippen LogP contribution in [0.1, 0.15) is 0 Å². The monoisotopic (exact) mass is 251 g/mol. The van der Waals surface area contributed by atoms with Gasteiger partial charge in [-0.3, -0.25) is 0 Å². The van der Waals surface area contributed by atoms with E-state index in [4.69, 9.17) is 5.73 Å². The fourth-order valence-electron chi connectivity index (χ4n) is 0.994. The fraction of sp³-hybridized carbons (Fsp3) is 0.222. The molecule has 0 aliphatic carbocycles. The van der Waals surface area contributed by atoms with Crippen LogP contribution < -0.4 is 16.4 Å². The van der Waals surface area contributed by atoms with Crippen molar-refractivity contribution in [2.75, 3.05) is 17.6 Å². The molecule has 1 rings (SSSR count). The zero-order valence-corrected chi connectivity index (χ0v) is 8.44. The number of alkyl halides is 3. The molecule has 0 radical (unpaired) electrons. The summed E-state index contributed by atoms with van der Waals surface area (Å²) in [5.74, 6) is -0.608. The van der Waals surface area contributed by atoms with Gasteiger partial charge in [-0.05, 0) is 18.2 Å². The van der Waals surface area contributed by atoms with E-state index >= 15 is 0 Å². The minimum atomic E-state index is -4.49. The number of carbonyl (C=O) groups is 1. The summed E-state index contributed by atoms with van der Waals surface area (Å²) in [5.41, 5.74) is 5.30. The molecule has 0 heterocycles. The predicted molar refractivity (Wildman–Crippen MR) is 53.9 cm³/mol. The first-order valence-electron chi connectivity index (χ1n) is 4.44. The molecule has 8 heteroatoms. The van der Waals surface area contributed by atoms with E-state index in [1.807, 2.05) is 0 Å². The number of anilines is 2. The number of nitrogens with one attached hydrogen (secondary N) is 2. The topological polar surface area (TPSA) is 67.1 Å². The number of nitrogen functional groups attached to an aromatic ring is 1. The lowest BCUT2D eigenvalue weighted by Crippen LogP contribution is -2.36. The standard InChI is InChI=1S/C9H9F4N3O/c10-5-1-2-7(6(14)3-5)16-8(17)15-4-9(11,12)13/h1-3H,4,14H2,(H2,15,16,17). The molecule has 0 unspecified atom stereocenters. The van der Waals surface area contributed by atoms with Crippen molar-refractivity contribution in [3.63, 3.8) is 0 Å². The average molecular weight is 251 g/mol. The Labute approximate surface area is 93.8 Å². The molecule has 1 aromatic carbocycles. The summed E-state index contributed by atoms with van der Waals surface area (Å²) in [6.07, 6.45) is -4.49. The fourth-order valence-corrected chi connectivity index (χ4v) is 0.994. The maximum Gasteiger partial charge on any atom is 0.405 e. The van der Waals surface area contributed by atoms with Gasteiger partial charge in [-0.1, -0.05) is 0 Å². The van der Waals surface area contributed by atoms with Gasteiger partial charge in [0.15, 0.2) is 0 Å². The quantitative estimate of drug-likeness (QED) is 0.556. The molecule has 0 saturated carbocycles. The summed E-state index contributed by atoms with van der Waals surface area (Å²) >= 11 is 0. The van der Waals surface area contributed by atoms with Gasteiger partial charge in [0.2, 0.25) is 0 Å². The largest absolute Gasteiger partial charge is 0.405 e. The molecule has 2 amide bonds. The van der Waals surface area contributed by atoms with Crippen LogP contribution in [0.25, 0.3) is 0 Å². The van der Waals surface area contributed by atoms with Gasteiger partial charge in [-0.2, -0.15) is 13.2 Å². The lowest BCUT2D eigenvalue weighted by Gasteiger charge is -2.11. The van der Waals surface area contributed by atoms with Crippen LogP contribution in [-0.2, 0) is 0 Å². The van der Waals surface area contributed by atoms with E-state index in [-0.39, 0.29) is 11.4 Å². The van der Waals surface area contributed by atoms with Crippen molar-refractivity contribution in [1.82, 2.24) is 5.32 Å². The Hall–Kier alpha value is -1.99. The lowest BCUT2D eigenvalue weighted by molar-refractivity contribution is -0.122. The number of carbonyl (C=O) groups excluding carboxylic acids is 1. The number of amides is 2. The molecule has 4 N–H and O–H groups in total. The summed E-state index contributed by atoms with van der Waals surface area (Å²) < 4.78 is 47.9. The van der Waals surface area contributed by atoms with E-state index in [9.17, 15) is 22.4 Å². The van der Waals surface area contributed by atoms with Gasteiger partial charge in [0.05, 0.1) is 11.4 Å². The molecule has 0 aliphatic rings. The maximum absolute atomic E-state index is 12.6. The first-order chi connectivity index (χ1) is 7.78. The summed E-state index contributed by atoms with van der Waals surface area (Å²) in [7, 11) is 0. The Morgan fingerprint density at radius 3 is 2.53 bits per heavy atom. The maximum atomic E-state index is 12.6. The third-order valence-electron chi connectivity index (χ3n) is 1.71. The lowest BCUT2D eigenvalue weighted by atomic mass is 10.2. The van der Waals surface area contributed by atoms with Crippen molar-refractivity contribution in [2.24, 2.45) is 0 Å². The minimum absolute atomic E-state index is 0.0334. The normalized spacial score (nSPS) is 11.1.